The first-order chi connectivity index (χ1) is 13.6. The maximum absolute atomic E-state index is 11.6. The number of ether oxygens (including phenoxy) is 1. The molecule has 7 nitrogen and oxygen atoms in total. The average Bonchev–Trinajstić information content (AvgIpc) is 3.19. The van der Waals surface area contributed by atoms with Gasteiger partial charge in [-0.15, -0.1) is 6.58 Å². The fourth-order valence-corrected chi connectivity index (χ4v) is 4.49. The van der Waals surface area contributed by atoms with Crippen molar-refractivity contribution in [2.45, 2.75) is 32.7 Å². The maximum atomic E-state index is 11.6. The molecule has 0 unspecified atom stereocenters. The highest BCUT2D eigenvalue weighted by Crippen LogP contribution is 2.42. The Morgan fingerprint density at radius 3 is 3.00 bits per heavy atom. The van der Waals surface area contributed by atoms with Gasteiger partial charge in [0.25, 0.3) is 0 Å². The summed E-state index contributed by atoms with van der Waals surface area (Å²) in [5.41, 5.74) is 6.16. The minimum atomic E-state index is -0.518. The van der Waals surface area contributed by atoms with Crippen molar-refractivity contribution in [2.75, 3.05) is 12.4 Å². The van der Waals surface area contributed by atoms with Gasteiger partial charge in [0.2, 0.25) is 0 Å². The van der Waals surface area contributed by atoms with Crippen LogP contribution in [0.5, 0.6) is 0 Å². The maximum Gasteiger partial charge on any atom is 0.413 e. The number of fused-ring (bicyclic) bond motifs is 3. The van der Waals surface area contributed by atoms with Gasteiger partial charge in [-0.2, -0.15) is 5.10 Å². The van der Waals surface area contributed by atoms with E-state index in [1.807, 2.05) is 29.9 Å². The Bertz CT molecular complexity index is 1040. The molecule has 28 heavy (non-hydrogen) atoms. The third-order valence-corrected chi connectivity index (χ3v) is 5.70. The highest BCUT2D eigenvalue weighted by Gasteiger charge is 2.27. The number of hydrogen-bond donors (Lipinski definition) is 1. The smallest absolute Gasteiger partial charge is 0.413 e. The van der Waals surface area contributed by atoms with Gasteiger partial charge in [0, 0.05) is 23.0 Å². The van der Waals surface area contributed by atoms with Gasteiger partial charge in [-0.25, -0.2) is 9.78 Å². The molecule has 1 aliphatic carbocycles. The molecule has 0 aliphatic heterocycles. The first-order valence-corrected chi connectivity index (χ1v) is 9.91. The summed E-state index contributed by atoms with van der Waals surface area (Å²) in [5, 5.41) is 8.10. The zero-order chi connectivity index (χ0) is 19.7. The van der Waals surface area contributed by atoms with Crippen LogP contribution in [0.2, 0.25) is 0 Å². The summed E-state index contributed by atoms with van der Waals surface area (Å²) in [4.78, 5) is 21.7. The van der Waals surface area contributed by atoms with Gasteiger partial charge in [0.05, 0.1) is 35.6 Å². The van der Waals surface area contributed by atoms with Gasteiger partial charge in [-0.3, -0.25) is 15.0 Å². The van der Waals surface area contributed by atoms with Crippen molar-refractivity contribution in [3.05, 3.63) is 47.9 Å². The lowest BCUT2D eigenvalue weighted by Crippen LogP contribution is -2.10. The Labute approximate surface area is 167 Å². The topological polar surface area (TPSA) is 81.9 Å². The predicted molar refractivity (Wildman–Crippen MR) is 110 cm³/mol. The van der Waals surface area contributed by atoms with E-state index in [1.54, 1.807) is 0 Å². The van der Waals surface area contributed by atoms with Crippen LogP contribution in [0.25, 0.3) is 21.8 Å². The van der Waals surface area contributed by atoms with Gasteiger partial charge < -0.3 is 4.74 Å². The fraction of sp³-hybridized carbons (Fsp3) is 0.300. The number of allylic oxidation sites excluding steroid dienone is 1. The molecule has 0 saturated heterocycles. The van der Waals surface area contributed by atoms with Crippen LogP contribution in [0.1, 0.15) is 23.4 Å². The van der Waals surface area contributed by atoms with Crippen molar-refractivity contribution in [1.82, 2.24) is 19.7 Å². The van der Waals surface area contributed by atoms with E-state index in [0.29, 0.717) is 11.7 Å². The monoisotopic (exact) mass is 395 g/mol. The molecule has 3 aromatic heterocycles. The predicted octanol–water partition coefficient (Wildman–Crippen LogP) is 4.23. The number of nitrogens with one attached hydrogen (secondary N) is 1. The highest BCUT2D eigenvalue weighted by atomic mass is 32.1. The number of aromatic nitrogens is 4. The first-order valence-electron chi connectivity index (χ1n) is 9.09. The number of pyridine rings is 1. The van der Waals surface area contributed by atoms with E-state index in [1.165, 1.54) is 24.0 Å². The third kappa shape index (κ3) is 3.31. The lowest BCUT2D eigenvalue weighted by Gasteiger charge is -2.04. The molecule has 1 amide bonds. The number of nitrogens with zero attached hydrogens (tertiary/aromatic N) is 4. The van der Waals surface area contributed by atoms with Crippen LogP contribution in [0.15, 0.2) is 31.0 Å². The molecule has 144 valence electrons. The average molecular weight is 395 g/mol. The summed E-state index contributed by atoms with van der Waals surface area (Å²) in [6.45, 7) is 6.44. The number of carbonyl (C=O) groups excluding carboxylic acids is 1. The standard InChI is InChI=1S/C20H21N5O2S/c1-4-10-25-17-14(16(24-25)13-9-8-12(2)21-11-13)6-5-7-15-18(17)28-19(22-15)23-20(26)27-3/h4,8-9,11H,1,5-7,10H2,2-3H3,(H,22,23,26). The Kier molecular flexibility index (Phi) is 4.95. The molecule has 0 fully saturated rings. The van der Waals surface area contributed by atoms with E-state index >= 15 is 0 Å². The number of anilines is 1. The normalized spacial score (nSPS) is 12.6. The molecule has 0 saturated carbocycles. The molecule has 8 heteroatoms. The van der Waals surface area contributed by atoms with E-state index in [0.717, 1.165) is 52.5 Å². The summed E-state index contributed by atoms with van der Waals surface area (Å²) in [6.07, 6.45) is 5.92. The van der Waals surface area contributed by atoms with Gasteiger partial charge >= 0.3 is 6.09 Å². The minimum absolute atomic E-state index is 0.518. The van der Waals surface area contributed by atoms with E-state index < -0.39 is 6.09 Å². The van der Waals surface area contributed by atoms with E-state index in [9.17, 15) is 4.79 Å². The number of carbonyl (C=O) groups is 1. The van der Waals surface area contributed by atoms with Gasteiger partial charge in [0.15, 0.2) is 5.13 Å². The second kappa shape index (κ2) is 7.55. The quantitative estimate of drug-likeness (QED) is 0.669. The lowest BCUT2D eigenvalue weighted by atomic mass is 10.0. The fourth-order valence-electron chi connectivity index (χ4n) is 3.41. The molecule has 0 aromatic carbocycles. The van der Waals surface area contributed by atoms with Crippen molar-refractivity contribution in [2.24, 2.45) is 0 Å². The zero-order valence-corrected chi connectivity index (χ0v) is 16.7. The van der Waals surface area contributed by atoms with E-state index in [-0.39, 0.29) is 0 Å². The van der Waals surface area contributed by atoms with Crippen molar-refractivity contribution < 1.29 is 9.53 Å². The number of hydrogen-bond acceptors (Lipinski definition) is 6. The molecule has 0 atom stereocenters. The van der Waals surface area contributed by atoms with Crippen LogP contribution in [0.3, 0.4) is 0 Å². The molecule has 4 rings (SSSR count). The summed E-state index contributed by atoms with van der Waals surface area (Å²) < 4.78 is 6.67. The minimum Gasteiger partial charge on any atom is -0.453 e. The van der Waals surface area contributed by atoms with Crippen LogP contribution >= 0.6 is 11.3 Å². The number of aryl methyl sites for hydroxylation is 2. The van der Waals surface area contributed by atoms with Crippen molar-refractivity contribution in [3.63, 3.8) is 0 Å². The number of thiazole rings is 1. The summed E-state index contributed by atoms with van der Waals surface area (Å²) in [5.74, 6) is 0. The highest BCUT2D eigenvalue weighted by molar-refractivity contribution is 7.19. The van der Waals surface area contributed by atoms with Crippen LogP contribution in [0.4, 0.5) is 9.93 Å². The van der Waals surface area contributed by atoms with Crippen LogP contribution < -0.4 is 5.32 Å². The molecule has 3 aromatic rings. The largest absolute Gasteiger partial charge is 0.453 e. The van der Waals surface area contributed by atoms with Crippen molar-refractivity contribution in [3.8, 4) is 21.8 Å². The molecule has 3 heterocycles. The van der Waals surface area contributed by atoms with Gasteiger partial charge in [0.1, 0.15) is 0 Å². The second-order valence-corrected chi connectivity index (χ2v) is 7.60. The van der Waals surface area contributed by atoms with Crippen LogP contribution in [-0.2, 0) is 24.1 Å². The Hall–Kier alpha value is -3.00. The number of rotatable bonds is 4. The Balaban J connectivity index is 1.86. The summed E-state index contributed by atoms with van der Waals surface area (Å²) >= 11 is 1.45. The van der Waals surface area contributed by atoms with Crippen molar-refractivity contribution >= 4 is 22.6 Å². The van der Waals surface area contributed by atoms with Crippen LogP contribution in [-0.4, -0.2) is 33.0 Å². The van der Waals surface area contributed by atoms with Gasteiger partial charge in [-0.05, 0) is 38.3 Å². The molecule has 1 N–H and O–H groups in total. The zero-order valence-electron chi connectivity index (χ0n) is 15.9. The molecule has 0 radical (unpaired) electrons. The molecule has 0 spiro atoms. The molecule has 1 aliphatic rings. The SMILES string of the molecule is C=CCn1nc(-c2ccc(C)nc2)c2c1-c1sc(NC(=O)OC)nc1CCC2. The van der Waals surface area contributed by atoms with Crippen molar-refractivity contribution in [1.29, 1.82) is 0 Å². The third-order valence-electron chi connectivity index (χ3n) is 4.68. The molecular formula is C20H21N5O2S. The molecular weight excluding hydrogens is 374 g/mol. The first kappa shape index (κ1) is 18.4. The van der Waals surface area contributed by atoms with Gasteiger partial charge in [-0.1, -0.05) is 17.4 Å². The molecule has 0 bridgehead atoms. The summed E-state index contributed by atoms with van der Waals surface area (Å²) in [7, 11) is 1.34. The number of amides is 1. The second-order valence-electron chi connectivity index (χ2n) is 6.60. The Morgan fingerprint density at radius 2 is 2.29 bits per heavy atom. The Morgan fingerprint density at radius 1 is 1.43 bits per heavy atom. The lowest BCUT2D eigenvalue weighted by molar-refractivity contribution is 0.187. The van der Waals surface area contributed by atoms with E-state index in [2.05, 4.69) is 27.9 Å². The van der Waals surface area contributed by atoms with E-state index in [4.69, 9.17) is 9.84 Å². The summed E-state index contributed by atoms with van der Waals surface area (Å²) in [6, 6.07) is 4.06. The number of methoxy groups -OCH3 is 1. The van der Waals surface area contributed by atoms with Crippen LogP contribution in [0, 0.1) is 6.92 Å².